The third-order valence-electron chi connectivity index (χ3n) is 6.27. The van der Waals surface area contributed by atoms with Crippen LogP contribution in [0.25, 0.3) is 0 Å². The molecule has 0 radical (unpaired) electrons. The van der Waals surface area contributed by atoms with Gasteiger partial charge < -0.3 is 24.8 Å². The van der Waals surface area contributed by atoms with Crippen LogP contribution in [0.1, 0.15) is 80.5 Å². The lowest BCUT2D eigenvalue weighted by atomic mass is 9.85. The van der Waals surface area contributed by atoms with Gasteiger partial charge in [0.1, 0.15) is 40.3 Å². The van der Waals surface area contributed by atoms with Crippen LogP contribution in [-0.4, -0.2) is 32.3 Å². The molecule has 0 fully saturated rings. The van der Waals surface area contributed by atoms with Crippen LogP contribution >= 0.6 is 0 Å². The van der Waals surface area contributed by atoms with Crippen LogP contribution in [0, 0.1) is 0 Å². The van der Waals surface area contributed by atoms with Crippen molar-refractivity contribution < 1.29 is 29.6 Å². The summed E-state index contributed by atoms with van der Waals surface area (Å²) in [7, 11) is 0. The maximum atomic E-state index is 12.9. The fourth-order valence-corrected chi connectivity index (χ4v) is 4.47. The molecule has 0 aromatic heterocycles. The van der Waals surface area contributed by atoms with Crippen molar-refractivity contribution in [2.75, 3.05) is 0 Å². The lowest BCUT2D eigenvalue weighted by Crippen LogP contribution is -2.37. The second-order valence-electron chi connectivity index (χ2n) is 9.62. The fourth-order valence-electron chi connectivity index (χ4n) is 4.47. The van der Waals surface area contributed by atoms with Crippen LogP contribution in [0.15, 0.2) is 30.3 Å². The van der Waals surface area contributed by atoms with E-state index in [4.69, 9.17) is 9.47 Å². The lowest BCUT2D eigenvalue weighted by molar-refractivity contribution is 0.0328. The molecule has 2 aromatic carbocycles. The average Bonchev–Trinajstić information content (AvgIpc) is 2.66. The molecule has 6 nitrogen and oxygen atoms in total. The minimum absolute atomic E-state index is 0.0415. The van der Waals surface area contributed by atoms with Crippen LogP contribution in [-0.2, 0) is 6.42 Å². The van der Waals surface area contributed by atoms with Crippen molar-refractivity contribution in [3.05, 3.63) is 47.0 Å². The molecular formula is C25H30O6. The van der Waals surface area contributed by atoms with Crippen molar-refractivity contribution in [2.24, 2.45) is 0 Å². The SMILES string of the molecule is CC(C)(O)CCCC1(C)CCc2c(cc3c(c2O)C(=O)C[C@@H](c2ccc(O)cc2)O3)O1. The highest BCUT2D eigenvalue weighted by molar-refractivity contribution is 6.03. The van der Waals surface area contributed by atoms with E-state index in [9.17, 15) is 20.1 Å². The number of Topliss-reactive ketones (excluding diaryl/α,β-unsaturated/α-hetero) is 1. The maximum Gasteiger partial charge on any atom is 0.174 e. The zero-order valence-corrected chi connectivity index (χ0v) is 18.3. The number of hydrogen-bond acceptors (Lipinski definition) is 6. The molecule has 0 saturated carbocycles. The minimum atomic E-state index is -0.711. The molecule has 1 unspecified atom stereocenters. The van der Waals surface area contributed by atoms with E-state index in [2.05, 4.69) is 0 Å². The van der Waals surface area contributed by atoms with Crippen molar-refractivity contribution in [1.82, 2.24) is 0 Å². The number of benzene rings is 2. The van der Waals surface area contributed by atoms with E-state index in [1.165, 1.54) is 0 Å². The predicted molar refractivity (Wildman–Crippen MR) is 116 cm³/mol. The zero-order chi connectivity index (χ0) is 22.4. The molecule has 2 atom stereocenters. The Morgan fingerprint density at radius 1 is 1.16 bits per heavy atom. The molecule has 6 heteroatoms. The number of aromatic hydroxyl groups is 2. The van der Waals surface area contributed by atoms with Gasteiger partial charge in [0.05, 0.1) is 12.0 Å². The van der Waals surface area contributed by atoms with Gasteiger partial charge in [-0.3, -0.25) is 4.79 Å². The van der Waals surface area contributed by atoms with Crippen LogP contribution in [0.5, 0.6) is 23.0 Å². The number of aliphatic hydroxyl groups is 1. The highest BCUT2D eigenvalue weighted by atomic mass is 16.5. The molecular weight excluding hydrogens is 396 g/mol. The molecule has 0 spiro atoms. The summed E-state index contributed by atoms with van der Waals surface area (Å²) in [6, 6.07) is 8.30. The van der Waals surface area contributed by atoms with Gasteiger partial charge in [-0.15, -0.1) is 0 Å². The van der Waals surface area contributed by atoms with E-state index in [0.717, 1.165) is 24.8 Å². The normalized spacial score (nSPS) is 22.8. The fraction of sp³-hybridized carbons (Fsp3) is 0.480. The second kappa shape index (κ2) is 7.75. The van der Waals surface area contributed by atoms with Crippen molar-refractivity contribution in [3.63, 3.8) is 0 Å². The molecule has 0 aliphatic carbocycles. The third-order valence-corrected chi connectivity index (χ3v) is 6.27. The number of carbonyl (C=O) groups is 1. The van der Waals surface area contributed by atoms with Crippen LogP contribution in [0.3, 0.4) is 0 Å². The first-order chi connectivity index (χ1) is 14.5. The van der Waals surface area contributed by atoms with Gasteiger partial charge in [0.15, 0.2) is 5.78 Å². The van der Waals surface area contributed by atoms with Crippen molar-refractivity contribution in [1.29, 1.82) is 0 Å². The summed E-state index contributed by atoms with van der Waals surface area (Å²) >= 11 is 0. The summed E-state index contributed by atoms with van der Waals surface area (Å²) in [5.74, 6) is 0.812. The van der Waals surface area contributed by atoms with Gasteiger partial charge in [0.2, 0.25) is 0 Å². The Morgan fingerprint density at radius 3 is 2.55 bits per heavy atom. The summed E-state index contributed by atoms with van der Waals surface area (Å²) in [5, 5.41) is 30.3. The van der Waals surface area contributed by atoms with E-state index in [0.29, 0.717) is 29.9 Å². The number of rotatable bonds is 5. The number of phenols is 2. The summed E-state index contributed by atoms with van der Waals surface area (Å²) in [6.07, 6.45) is 3.26. The van der Waals surface area contributed by atoms with Gasteiger partial charge in [-0.1, -0.05) is 12.1 Å². The molecule has 166 valence electrons. The number of phenolic OH excluding ortho intramolecular Hbond substituents is 2. The average molecular weight is 427 g/mol. The maximum absolute atomic E-state index is 12.9. The highest BCUT2D eigenvalue weighted by Gasteiger charge is 2.38. The molecule has 0 bridgehead atoms. The van der Waals surface area contributed by atoms with Gasteiger partial charge in [0, 0.05) is 11.6 Å². The lowest BCUT2D eigenvalue weighted by Gasteiger charge is -2.38. The van der Waals surface area contributed by atoms with Crippen molar-refractivity contribution in [2.45, 2.75) is 76.6 Å². The number of hydrogen-bond donors (Lipinski definition) is 3. The van der Waals surface area contributed by atoms with Gasteiger partial charge in [-0.05, 0) is 70.6 Å². The van der Waals surface area contributed by atoms with Crippen LogP contribution in [0.4, 0.5) is 0 Å². The Morgan fingerprint density at radius 2 is 1.87 bits per heavy atom. The first-order valence-electron chi connectivity index (χ1n) is 10.8. The van der Waals surface area contributed by atoms with E-state index < -0.39 is 17.3 Å². The van der Waals surface area contributed by atoms with Crippen LogP contribution in [0.2, 0.25) is 0 Å². The van der Waals surface area contributed by atoms with E-state index >= 15 is 0 Å². The summed E-state index contributed by atoms with van der Waals surface area (Å²) in [5.41, 5.74) is 0.541. The Balaban J connectivity index is 1.59. The molecule has 2 aliphatic rings. The van der Waals surface area contributed by atoms with Crippen molar-refractivity contribution in [3.8, 4) is 23.0 Å². The van der Waals surface area contributed by atoms with E-state index in [1.807, 2.05) is 6.92 Å². The Kier molecular flexibility index (Phi) is 5.38. The zero-order valence-electron chi connectivity index (χ0n) is 18.3. The minimum Gasteiger partial charge on any atom is -0.508 e. The summed E-state index contributed by atoms with van der Waals surface area (Å²) in [6.45, 7) is 5.65. The van der Waals surface area contributed by atoms with Crippen molar-refractivity contribution >= 4 is 5.78 Å². The number of carbonyl (C=O) groups excluding carboxylic acids is 1. The van der Waals surface area contributed by atoms with E-state index in [-0.39, 0.29) is 29.3 Å². The Labute approximate surface area is 182 Å². The predicted octanol–water partition coefficient (Wildman–Crippen LogP) is 4.83. The summed E-state index contributed by atoms with van der Waals surface area (Å²) < 4.78 is 12.4. The monoisotopic (exact) mass is 426 g/mol. The Hall–Kier alpha value is -2.73. The molecule has 3 N–H and O–H groups in total. The molecule has 0 amide bonds. The topological polar surface area (TPSA) is 96.2 Å². The molecule has 2 aromatic rings. The van der Waals surface area contributed by atoms with Gasteiger partial charge >= 0.3 is 0 Å². The largest absolute Gasteiger partial charge is 0.508 e. The second-order valence-corrected chi connectivity index (χ2v) is 9.62. The quantitative estimate of drug-likeness (QED) is 0.634. The Bertz CT molecular complexity index is 989. The van der Waals surface area contributed by atoms with Crippen LogP contribution < -0.4 is 9.47 Å². The highest BCUT2D eigenvalue weighted by Crippen LogP contribution is 2.48. The standard InChI is InChI=1S/C25H30O6/c1-24(2,29)10-4-11-25(3)12-9-17-20(31-25)14-21-22(23(17)28)18(27)13-19(30-21)15-5-7-16(26)8-6-15/h5-8,14,19,26,28-29H,4,9-13H2,1-3H3/t19-,25?/m0/s1. The molecule has 31 heavy (non-hydrogen) atoms. The number of ether oxygens (including phenoxy) is 2. The molecule has 2 heterocycles. The summed E-state index contributed by atoms with van der Waals surface area (Å²) in [4.78, 5) is 12.9. The number of fused-ring (bicyclic) bond motifs is 2. The first-order valence-corrected chi connectivity index (χ1v) is 10.8. The smallest absolute Gasteiger partial charge is 0.174 e. The molecule has 0 saturated heterocycles. The first kappa shape index (κ1) is 21.5. The van der Waals surface area contributed by atoms with Gasteiger partial charge in [-0.2, -0.15) is 0 Å². The van der Waals surface area contributed by atoms with Gasteiger partial charge in [0.25, 0.3) is 0 Å². The number of ketones is 1. The van der Waals surface area contributed by atoms with E-state index in [1.54, 1.807) is 44.2 Å². The molecule has 4 rings (SSSR count). The van der Waals surface area contributed by atoms with Gasteiger partial charge in [-0.25, -0.2) is 0 Å². The third kappa shape index (κ3) is 4.49. The molecule has 2 aliphatic heterocycles.